The highest BCUT2D eigenvalue weighted by Gasteiger charge is 2.17. The molecule has 0 spiro atoms. The van der Waals surface area contributed by atoms with Crippen molar-refractivity contribution in [2.24, 2.45) is 0 Å². The summed E-state index contributed by atoms with van der Waals surface area (Å²) in [5, 5.41) is 9.45. The molecule has 0 unspecified atom stereocenters. The van der Waals surface area contributed by atoms with E-state index in [0.717, 1.165) is 10.6 Å². The number of hydrogen-bond acceptors (Lipinski definition) is 5. The summed E-state index contributed by atoms with van der Waals surface area (Å²) < 4.78 is 18.2. The Labute approximate surface area is 178 Å². The predicted molar refractivity (Wildman–Crippen MR) is 111 cm³/mol. The highest BCUT2D eigenvalue weighted by Crippen LogP contribution is 2.21. The third-order valence-electron chi connectivity index (χ3n) is 3.85. The number of esters is 1. The summed E-state index contributed by atoms with van der Waals surface area (Å²) >= 11 is 7.44. The number of carbonyl (C=O) groups is 2. The van der Waals surface area contributed by atoms with Crippen molar-refractivity contribution in [2.45, 2.75) is 24.2 Å². The Morgan fingerprint density at radius 2 is 1.83 bits per heavy atom. The minimum atomic E-state index is -0.464. The van der Waals surface area contributed by atoms with Crippen LogP contribution in [0.2, 0.25) is 5.02 Å². The van der Waals surface area contributed by atoms with E-state index in [0.29, 0.717) is 17.1 Å². The molecule has 2 aromatic rings. The number of benzene rings is 2. The number of hydrogen-bond donors (Lipinski definition) is 0. The predicted octanol–water partition coefficient (Wildman–Crippen LogP) is 4.84. The second-order valence-corrected chi connectivity index (χ2v) is 7.60. The van der Waals surface area contributed by atoms with E-state index >= 15 is 0 Å². The summed E-state index contributed by atoms with van der Waals surface area (Å²) in [5.74, 6) is -0.622. The maximum Gasteiger partial charge on any atom is 0.306 e. The standard InChI is InChI=1S/C21H20ClFN2O3S/c22-16-4-10-19(11-5-16)29-14-1-3-21(27)28-15-20(26)25(13-2-12-24)18-8-6-17(23)7-9-18/h4-11H,1-3,13-15H2. The van der Waals surface area contributed by atoms with Crippen LogP contribution >= 0.6 is 23.4 Å². The van der Waals surface area contributed by atoms with E-state index in [2.05, 4.69) is 0 Å². The van der Waals surface area contributed by atoms with Crippen LogP contribution in [-0.2, 0) is 14.3 Å². The highest BCUT2D eigenvalue weighted by molar-refractivity contribution is 7.99. The van der Waals surface area contributed by atoms with E-state index in [1.165, 1.54) is 29.2 Å². The lowest BCUT2D eigenvalue weighted by atomic mass is 10.2. The van der Waals surface area contributed by atoms with Gasteiger partial charge in [0.05, 0.1) is 12.5 Å². The van der Waals surface area contributed by atoms with Gasteiger partial charge in [0.25, 0.3) is 5.91 Å². The third kappa shape index (κ3) is 8.14. The van der Waals surface area contributed by atoms with Gasteiger partial charge in [0, 0.05) is 28.6 Å². The maximum atomic E-state index is 13.1. The molecule has 29 heavy (non-hydrogen) atoms. The lowest BCUT2D eigenvalue weighted by molar-refractivity contribution is -0.147. The van der Waals surface area contributed by atoms with Crippen molar-refractivity contribution in [2.75, 3.05) is 23.8 Å². The molecule has 2 aromatic carbocycles. The molecular formula is C21H20ClFN2O3S. The molecule has 0 atom stereocenters. The molecule has 1 amide bonds. The van der Waals surface area contributed by atoms with E-state index in [4.69, 9.17) is 21.6 Å². The first kappa shape index (κ1) is 22.7. The van der Waals surface area contributed by atoms with E-state index in [1.54, 1.807) is 11.8 Å². The van der Waals surface area contributed by atoms with Crippen LogP contribution in [-0.4, -0.2) is 30.8 Å². The van der Waals surface area contributed by atoms with Gasteiger partial charge in [0.15, 0.2) is 6.61 Å². The van der Waals surface area contributed by atoms with Crippen molar-refractivity contribution in [1.29, 1.82) is 5.26 Å². The summed E-state index contributed by atoms with van der Waals surface area (Å²) in [6.07, 6.45) is 0.915. The van der Waals surface area contributed by atoms with Crippen LogP contribution in [0.5, 0.6) is 0 Å². The number of anilines is 1. The Bertz CT molecular complexity index is 854. The van der Waals surface area contributed by atoms with Gasteiger partial charge >= 0.3 is 5.97 Å². The van der Waals surface area contributed by atoms with Crippen molar-refractivity contribution in [3.63, 3.8) is 0 Å². The number of ether oxygens (including phenoxy) is 1. The van der Waals surface area contributed by atoms with Crippen molar-refractivity contribution < 1.29 is 18.7 Å². The Morgan fingerprint density at radius 1 is 1.14 bits per heavy atom. The molecule has 0 N–H and O–H groups in total. The van der Waals surface area contributed by atoms with E-state index in [-0.39, 0.29) is 19.4 Å². The van der Waals surface area contributed by atoms with Crippen molar-refractivity contribution in [3.8, 4) is 6.07 Å². The van der Waals surface area contributed by atoms with E-state index in [9.17, 15) is 14.0 Å². The van der Waals surface area contributed by atoms with Gasteiger partial charge in [-0.1, -0.05) is 11.6 Å². The molecule has 0 saturated heterocycles. The number of halogens is 2. The van der Waals surface area contributed by atoms with E-state index < -0.39 is 24.3 Å². The summed E-state index contributed by atoms with van der Waals surface area (Å²) in [6.45, 7) is -0.289. The van der Waals surface area contributed by atoms with Gasteiger partial charge in [-0.05, 0) is 60.7 Å². The van der Waals surface area contributed by atoms with E-state index in [1.807, 2.05) is 30.3 Å². The molecule has 0 aliphatic heterocycles. The molecule has 0 radical (unpaired) electrons. The molecule has 152 valence electrons. The third-order valence-corrected chi connectivity index (χ3v) is 5.20. The van der Waals surface area contributed by atoms with Crippen LogP contribution in [0.1, 0.15) is 19.3 Å². The Balaban J connectivity index is 1.76. The van der Waals surface area contributed by atoms with Crippen LogP contribution in [0, 0.1) is 17.1 Å². The number of amides is 1. The zero-order valence-electron chi connectivity index (χ0n) is 15.6. The van der Waals surface area contributed by atoms with Crippen LogP contribution in [0.3, 0.4) is 0 Å². The lowest BCUT2D eigenvalue weighted by Gasteiger charge is -2.21. The average molecular weight is 435 g/mol. The monoisotopic (exact) mass is 434 g/mol. The van der Waals surface area contributed by atoms with Gasteiger partial charge in [-0.3, -0.25) is 9.59 Å². The number of carbonyl (C=O) groups excluding carboxylic acids is 2. The first-order valence-electron chi connectivity index (χ1n) is 8.96. The molecule has 0 saturated carbocycles. The molecule has 0 fully saturated rings. The molecular weight excluding hydrogens is 415 g/mol. The SMILES string of the molecule is N#CCCN(C(=O)COC(=O)CCCSc1ccc(Cl)cc1)c1ccc(F)cc1. The number of nitriles is 1. The fourth-order valence-corrected chi connectivity index (χ4v) is 3.39. The largest absolute Gasteiger partial charge is 0.456 e. The maximum absolute atomic E-state index is 13.1. The van der Waals surface area contributed by atoms with Gasteiger partial charge < -0.3 is 9.64 Å². The summed E-state index contributed by atoms with van der Waals surface area (Å²) in [5.41, 5.74) is 0.446. The molecule has 0 bridgehead atoms. The normalized spacial score (nSPS) is 10.2. The fourth-order valence-electron chi connectivity index (χ4n) is 2.41. The van der Waals surface area contributed by atoms with Gasteiger partial charge in [0.2, 0.25) is 0 Å². The van der Waals surface area contributed by atoms with Gasteiger partial charge in [-0.25, -0.2) is 4.39 Å². The smallest absolute Gasteiger partial charge is 0.306 e. The fraction of sp³-hybridized carbons (Fsp3) is 0.286. The molecule has 0 aromatic heterocycles. The molecule has 2 rings (SSSR count). The van der Waals surface area contributed by atoms with Gasteiger partial charge in [0.1, 0.15) is 5.82 Å². The van der Waals surface area contributed by atoms with Gasteiger partial charge in [-0.2, -0.15) is 5.26 Å². The quantitative estimate of drug-likeness (QED) is 0.304. The Morgan fingerprint density at radius 3 is 2.48 bits per heavy atom. The van der Waals surface area contributed by atoms with Gasteiger partial charge in [-0.15, -0.1) is 11.8 Å². The minimum absolute atomic E-state index is 0.110. The first-order valence-corrected chi connectivity index (χ1v) is 10.3. The topological polar surface area (TPSA) is 70.4 Å². The molecule has 5 nitrogen and oxygen atoms in total. The van der Waals surface area contributed by atoms with Crippen LogP contribution in [0.15, 0.2) is 53.4 Å². The van der Waals surface area contributed by atoms with Crippen LogP contribution in [0.25, 0.3) is 0 Å². The summed E-state index contributed by atoms with van der Waals surface area (Å²) in [4.78, 5) is 26.7. The molecule has 8 heteroatoms. The van der Waals surface area contributed by atoms with Crippen molar-refractivity contribution >= 4 is 40.9 Å². The Hall–Kier alpha value is -2.56. The first-order chi connectivity index (χ1) is 14.0. The number of thioether (sulfide) groups is 1. The molecule has 0 aliphatic carbocycles. The minimum Gasteiger partial charge on any atom is -0.456 e. The zero-order valence-corrected chi connectivity index (χ0v) is 17.2. The number of rotatable bonds is 10. The molecule has 0 aliphatic rings. The lowest BCUT2D eigenvalue weighted by Crippen LogP contribution is -2.35. The second-order valence-electron chi connectivity index (χ2n) is 6.00. The van der Waals surface area contributed by atoms with Crippen LogP contribution in [0.4, 0.5) is 10.1 Å². The summed E-state index contributed by atoms with van der Waals surface area (Å²) in [6, 6.07) is 14.8. The number of nitrogens with zero attached hydrogens (tertiary/aromatic N) is 2. The zero-order chi connectivity index (χ0) is 21.1. The van der Waals surface area contributed by atoms with Crippen molar-refractivity contribution in [3.05, 3.63) is 59.4 Å². The Kier molecular flexibility index (Phi) is 9.48. The van der Waals surface area contributed by atoms with Crippen LogP contribution < -0.4 is 4.90 Å². The molecule has 0 heterocycles. The second kappa shape index (κ2) is 12.1. The average Bonchev–Trinajstić information content (AvgIpc) is 2.72. The van der Waals surface area contributed by atoms with Crippen molar-refractivity contribution in [1.82, 2.24) is 0 Å². The highest BCUT2D eigenvalue weighted by atomic mass is 35.5. The summed E-state index contributed by atoms with van der Waals surface area (Å²) in [7, 11) is 0.